The second-order valence-electron chi connectivity index (χ2n) is 10.2. The molecule has 0 saturated heterocycles. The predicted molar refractivity (Wildman–Crippen MR) is 118 cm³/mol. The lowest BCUT2D eigenvalue weighted by atomic mass is 9.76. The molecule has 1 heteroatoms. The zero-order chi connectivity index (χ0) is 19.5. The van der Waals surface area contributed by atoms with Crippen molar-refractivity contribution in [2.24, 2.45) is 41.2 Å². The number of rotatable bonds is 13. The van der Waals surface area contributed by atoms with Gasteiger partial charge in [-0.25, -0.2) is 0 Å². The monoisotopic (exact) mass is 365 g/mol. The SMILES string of the molecule is CCCC1CCC(CCCC(CC(C)C(C)C)C(N)CC(C)CC)CC1. The van der Waals surface area contributed by atoms with Crippen molar-refractivity contribution < 1.29 is 0 Å². The van der Waals surface area contributed by atoms with E-state index in [1.807, 2.05) is 0 Å². The molecule has 0 aromatic heterocycles. The average molecular weight is 366 g/mol. The van der Waals surface area contributed by atoms with E-state index in [0.29, 0.717) is 6.04 Å². The molecule has 1 saturated carbocycles. The van der Waals surface area contributed by atoms with Gasteiger partial charge in [-0.15, -0.1) is 0 Å². The van der Waals surface area contributed by atoms with Crippen LogP contribution in [0.5, 0.6) is 0 Å². The molecular weight excluding hydrogens is 314 g/mol. The van der Waals surface area contributed by atoms with Crippen LogP contribution < -0.4 is 5.73 Å². The third-order valence-electron chi connectivity index (χ3n) is 7.64. The molecule has 0 spiro atoms. The highest BCUT2D eigenvalue weighted by Crippen LogP contribution is 2.35. The zero-order valence-corrected chi connectivity index (χ0v) is 19.1. The third kappa shape index (κ3) is 9.25. The van der Waals surface area contributed by atoms with Crippen molar-refractivity contribution in [2.45, 2.75) is 125 Å². The molecule has 1 aliphatic rings. The summed E-state index contributed by atoms with van der Waals surface area (Å²) in [5, 5.41) is 0. The van der Waals surface area contributed by atoms with Gasteiger partial charge in [-0.05, 0) is 54.8 Å². The summed E-state index contributed by atoms with van der Waals surface area (Å²) in [6, 6.07) is 0.409. The van der Waals surface area contributed by atoms with Crippen molar-refractivity contribution in [3.8, 4) is 0 Å². The highest BCUT2D eigenvalue weighted by atomic mass is 14.7. The van der Waals surface area contributed by atoms with Crippen LogP contribution in [-0.4, -0.2) is 6.04 Å². The minimum absolute atomic E-state index is 0.409. The fourth-order valence-corrected chi connectivity index (χ4v) is 4.97. The van der Waals surface area contributed by atoms with E-state index in [1.54, 1.807) is 0 Å². The van der Waals surface area contributed by atoms with Gasteiger partial charge < -0.3 is 5.73 Å². The highest BCUT2D eigenvalue weighted by molar-refractivity contribution is 4.79. The molecule has 0 aliphatic heterocycles. The second kappa shape index (κ2) is 13.2. The van der Waals surface area contributed by atoms with Gasteiger partial charge in [0.2, 0.25) is 0 Å². The van der Waals surface area contributed by atoms with Gasteiger partial charge in [0.25, 0.3) is 0 Å². The molecule has 1 aliphatic carbocycles. The first-order chi connectivity index (χ1) is 12.4. The molecule has 0 aromatic carbocycles. The van der Waals surface area contributed by atoms with Gasteiger partial charge in [0.05, 0.1) is 0 Å². The lowest BCUT2D eigenvalue weighted by Gasteiger charge is -2.31. The Morgan fingerprint density at radius 2 is 1.42 bits per heavy atom. The Kier molecular flexibility index (Phi) is 12.2. The van der Waals surface area contributed by atoms with Crippen molar-refractivity contribution in [1.29, 1.82) is 0 Å². The van der Waals surface area contributed by atoms with Gasteiger partial charge in [-0.3, -0.25) is 0 Å². The standard InChI is InChI=1S/C25H51N/c1-7-10-22-13-15-23(16-14-22)11-9-12-24(18-21(6)19(3)4)25(26)17-20(5)8-2/h19-25H,7-18,26H2,1-6H3. The predicted octanol–water partition coefficient (Wildman–Crippen LogP) is 7.83. The molecule has 4 unspecified atom stereocenters. The van der Waals surface area contributed by atoms with E-state index in [-0.39, 0.29) is 0 Å². The minimum atomic E-state index is 0.409. The lowest BCUT2D eigenvalue weighted by molar-refractivity contribution is 0.222. The average Bonchev–Trinajstić information content (AvgIpc) is 2.62. The summed E-state index contributed by atoms with van der Waals surface area (Å²) >= 11 is 0. The fourth-order valence-electron chi connectivity index (χ4n) is 4.97. The summed E-state index contributed by atoms with van der Waals surface area (Å²) in [4.78, 5) is 0. The van der Waals surface area contributed by atoms with Crippen molar-refractivity contribution in [1.82, 2.24) is 0 Å². The van der Waals surface area contributed by atoms with E-state index in [4.69, 9.17) is 5.73 Å². The van der Waals surface area contributed by atoms with Crippen molar-refractivity contribution in [3.63, 3.8) is 0 Å². The van der Waals surface area contributed by atoms with Crippen LogP contribution in [0, 0.1) is 35.5 Å². The normalized spacial score (nSPS) is 25.8. The first-order valence-electron chi connectivity index (χ1n) is 12.1. The van der Waals surface area contributed by atoms with Gasteiger partial charge in [0, 0.05) is 6.04 Å². The summed E-state index contributed by atoms with van der Waals surface area (Å²) in [7, 11) is 0. The number of nitrogens with two attached hydrogens (primary N) is 1. The van der Waals surface area contributed by atoms with Gasteiger partial charge in [0.1, 0.15) is 0 Å². The molecule has 1 nitrogen and oxygen atoms in total. The van der Waals surface area contributed by atoms with Gasteiger partial charge in [-0.2, -0.15) is 0 Å². The first-order valence-corrected chi connectivity index (χ1v) is 12.1. The first kappa shape index (κ1) is 24.0. The van der Waals surface area contributed by atoms with Gasteiger partial charge >= 0.3 is 0 Å². The maximum atomic E-state index is 6.71. The Hall–Kier alpha value is -0.0400. The van der Waals surface area contributed by atoms with Crippen LogP contribution in [0.3, 0.4) is 0 Å². The summed E-state index contributed by atoms with van der Waals surface area (Å²) in [5.74, 6) is 5.14. The molecule has 0 radical (unpaired) electrons. The van der Waals surface area contributed by atoms with E-state index in [2.05, 4.69) is 41.5 Å². The largest absolute Gasteiger partial charge is 0.327 e. The summed E-state index contributed by atoms with van der Waals surface area (Å²) in [5.41, 5.74) is 6.71. The molecule has 1 rings (SSSR count). The molecule has 26 heavy (non-hydrogen) atoms. The minimum Gasteiger partial charge on any atom is -0.327 e. The van der Waals surface area contributed by atoms with Crippen LogP contribution in [0.15, 0.2) is 0 Å². The fraction of sp³-hybridized carbons (Fsp3) is 1.00. The summed E-state index contributed by atoms with van der Waals surface area (Å²) in [6.45, 7) is 14.2. The van der Waals surface area contributed by atoms with E-state index < -0.39 is 0 Å². The smallest absolute Gasteiger partial charge is 0.00697 e. The second-order valence-corrected chi connectivity index (χ2v) is 10.2. The van der Waals surface area contributed by atoms with Crippen molar-refractivity contribution in [2.75, 3.05) is 0 Å². The van der Waals surface area contributed by atoms with Crippen LogP contribution in [0.1, 0.15) is 119 Å². The Bertz CT molecular complexity index is 329. The molecule has 0 aromatic rings. The molecule has 2 N–H and O–H groups in total. The Balaban J connectivity index is 2.42. The third-order valence-corrected chi connectivity index (χ3v) is 7.64. The van der Waals surface area contributed by atoms with Crippen molar-refractivity contribution in [3.05, 3.63) is 0 Å². The molecule has 0 heterocycles. The highest BCUT2D eigenvalue weighted by Gasteiger charge is 2.24. The molecule has 0 bridgehead atoms. The molecule has 4 atom stereocenters. The van der Waals surface area contributed by atoms with Crippen LogP contribution in [0.2, 0.25) is 0 Å². The Labute approximate surface area is 166 Å². The van der Waals surface area contributed by atoms with Crippen LogP contribution in [0.4, 0.5) is 0 Å². The topological polar surface area (TPSA) is 26.0 Å². The molecule has 0 amide bonds. The van der Waals surface area contributed by atoms with Crippen molar-refractivity contribution >= 4 is 0 Å². The Morgan fingerprint density at radius 1 is 0.846 bits per heavy atom. The number of hydrogen-bond acceptors (Lipinski definition) is 1. The molecular formula is C25H51N. The van der Waals surface area contributed by atoms with Crippen LogP contribution in [-0.2, 0) is 0 Å². The van der Waals surface area contributed by atoms with Gasteiger partial charge in [0.15, 0.2) is 0 Å². The van der Waals surface area contributed by atoms with E-state index in [1.165, 1.54) is 77.0 Å². The Morgan fingerprint density at radius 3 is 1.92 bits per heavy atom. The maximum Gasteiger partial charge on any atom is 0.00697 e. The summed E-state index contributed by atoms with van der Waals surface area (Å²) < 4.78 is 0. The van der Waals surface area contributed by atoms with E-state index >= 15 is 0 Å². The number of hydrogen-bond donors (Lipinski definition) is 1. The lowest BCUT2D eigenvalue weighted by Crippen LogP contribution is -2.33. The quantitative estimate of drug-likeness (QED) is 0.353. The molecule has 156 valence electrons. The zero-order valence-electron chi connectivity index (χ0n) is 19.1. The van der Waals surface area contributed by atoms with Gasteiger partial charge in [-0.1, -0.05) is 99.3 Å². The van der Waals surface area contributed by atoms with Crippen LogP contribution >= 0.6 is 0 Å². The molecule has 1 fully saturated rings. The van der Waals surface area contributed by atoms with Crippen LogP contribution in [0.25, 0.3) is 0 Å². The van der Waals surface area contributed by atoms with E-state index in [0.717, 1.165) is 35.5 Å². The summed E-state index contributed by atoms with van der Waals surface area (Å²) in [6.07, 6.45) is 16.9. The van der Waals surface area contributed by atoms with E-state index in [9.17, 15) is 0 Å². The maximum absolute atomic E-state index is 6.71.